The Kier molecular flexibility index (Phi) is 4.24. The number of hydrogen-bond acceptors (Lipinski definition) is 7. The molecule has 1 saturated carbocycles. The molecule has 8 nitrogen and oxygen atoms in total. The van der Waals surface area contributed by atoms with Gasteiger partial charge in [0.1, 0.15) is 12.1 Å². The molecule has 2 unspecified atom stereocenters. The van der Waals surface area contributed by atoms with E-state index < -0.39 is 0 Å². The molecular weight excluding hydrogens is 356 g/mol. The van der Waals surface area contributed by atoms with Gasteiger partial charge < -0.3 is 10.2 Å². The highest BCUT2D eigenvalue weighted by Gasteiger charge is 2.51. The van der Waals surface area contributed by atoms with E-state index in [1.807, 2.05) is 19.1 Å². The quantitative estimate of drug-likeness (QED) is 0.624. The normalized spacial score (nSPS) is 25.6. The number of aromatic nitrogens is 3. The summed E-state index contributed by atoms with van der Waals surface area (Å²) in [4.78, 5) is 26.6. The summed E-state index contributed by atoms with van der Waals surface area (Å²) >= 11 is 0. The van der Waals surface area contributed by atoms with Crippen LogP contribution in [0.3, 0.4) is 0 Å². The Hall–Kier alpha value is -2.77. The van der Waals surface area contributed by atoms with Crippen LogP contribution in [0.1, 0.15) is 45.7 Å². The molecule has 2 bridgehead atoms. The number of nitro groups is 1. The van der Waals surface area contributed by atoms with Crippen LogP contribution in [0.15, 0.2) is 24.5 Å². The molecule has 8 heteroatoms. The van der Waals surface area contributed by atoms with Gasteiger partial charge in [-0.05, 0) is 49.1 Å². The molecule has 0 spiro atoms. The van der Waals surface area contributed by atoms with Gasteiger partial charge in [-0.25, -0.2) is 15.0 Å². The molecule has 2 atom stereocenters. The monoisotopic (exact) mass is 382 g/mol. The van der Waals surface area contributed by atoms with Gasteiger partial charge in [-0.15, -0.1) is 0 Å². The van der Waals surface area contributed by atoms with Crippen LogP contribution in [0.2, 0.25) is 0 Å². The maximum absolute atomic E-state index is 12.0. The summed E-state index contributed by atoms with van der Waals surface area (Å²) in [6, 6.07) is 5.75. The zero-order chi connectivity index (χ0) is 20.1. The summed E-state index contributed by atoms with van der Waals surface area (Å²) < 4.78 is 0. The summed E-state index contributed by atoms with van der Waals surface area (Å²) in [6.45, 7) is 9.50. The Morgan fingerprint density at radius 1 is 1.25 bits per heavy atom. The predicted molar refractivity (Wildman–Crippen MR) is 108 cm³/mol. The van der Waals surface area contributed by atoms with Crippen LogP contribution in [-0.4, -0.2) is 32.5 Å². The van der Waals surface area contributed by atoms with E-state index in [0.29, 0.717) is 11.6 Å². The topological polar surface area (TPSA) is 97.1 Å². The van der Waals surface area contributed by atoms with Crippen LogP contribution in [0.4, 0.5) is 23.1 Å². The maximum atomic E-state index is 12.0. The standard InChI is InChI=1S/C20H26N6O2/c1-13-6-5-7-15(23-13)24-17-16(26(27)28)18(22-12-21-17)25-11-20(4)9-14(25)8-19(2,3)10-20/h5-7,12,14H,8-11H2,1-4H3,(H,21,22,23,24). The Bertz CT molecular complexity index is 931. The maximum Gasteiger partial charge on any atom is 0.353 e. The fourth-order valence-corrected chi connectivity index (χ4v) is 5.28. The van der Waals surface area contributed by atoms with Crippen LogP contribution in [-0.2, 0) is 0 Å². The summed E-state index contributed by atoms with van der Waals surface area (Å²) in [5, 5.41) is 15.0. The first-order valence-electron chi connectivity index (χ1n) is 9.63. The Balaban J connectivity index is 1.73. The summed E-state index contributed by atoms with van der Waals surface area (Å²) in [5.74, 6) is 1.11. The molecule has 2 aliphatic rings. The lowest BCUT2D eigenvalue weighted by molar-refractivity contribution is -0.383. The van der Waals surface area contributed by atoms with Gasteiger partial charge in [0, 0.05) is 18.3 Å². The highest BCUT2D eigenvalue weighted by molar-refractivity contribution is 5.74. The van der Waals surface area contributed by atoms with Crippen molar-refractivity contribution in [3.05, 3.63) is 40.3 Å². The molecule has 1 aliphatic carbocycles. The first-order valence-corrected chi connectivity index (χ1v) is 9.63. The number of pyridine rings is 1. The molecule has 148 valence electrons. The molecule has 3 heterocycles. The van der Waals surface area contributed by atoms with E-state index in [-0.39, 0.29) is 33.3 Å². The van der Waals surface area contributed by atoms with Gasteiger partial charge in [0.05, 0.1) is 4.92 Å². The van der Waals surface area contributed by atoms with Crippen molar-refractivity contribution in [2.75, 3.05) is 16.8 Å². The van der Waals surface area contributed by atoms with Gasteiger partial charge in [0.25, 0.3) is 0 Å². The third-order valence-corrected chi connectivity index (χ3v) is 5.81. The number of hydrogen-bond donors (Lipinski definition) is 1. The summed E-state index contributed by atoms with van der Waals surface area (Å²) in [5.41, 5.74) is 1.11. The van der Waals surface area contributed by atoms with Gasteiger partial charge in [-0.1, -0.05) is 26.8 Å². The lowest BCUT2D eigenvalue weighted by atomic mass is 9.65. The van der Waals surface area contributed by atoms with E-state index in [1.165, 1.54) is 6.33 Å². The van der Waals surface area contributed by atoms with E-state index in [9.17, 15) is 10.1 Å². The van der Waals surface area contributed by atoms with E-state index in [0.717, 1.165) is 31.5 Å². The van der Waals surface area contributed by atoms with Crippen LogP contribution in [0.5, 0.6) is 0 Å². The number of anilines is 3. The van der Waals surface area contributed by atoms with E-state index in [1.54, 1.807) is 6.07 Å². The second kappa shape index (κ2) is 6.39. The molecule has 1 N–H and O–H groups in total. The number of nitrogens with one attached hydrogen (secondary N) is 1. The average molecular weight is 382 g/mol. The molecule has 0 aromatic carbocycles. The summed E-state index contributed by atoms with van der Waals surface area (Å²) in [6.07, 6.45) is 4.56. The SMILES string of the molecule is Cc1cccc(Nc2ncnc(N3CC4(C)CC3CC(C)(C)C4)c2[N+](=O)[O-])n1. The first-order chi connectivity index (χ1) is 13.2. The fraction of sp³-hybridized carbons (Fsp3) is 0.550. The highest BCUT2D eigenvalue weighted by Crippen LogP contribution is 2.54. The van der Waals surface area contributed by atoms with Crippen LogP contribution >= 0.6 is 0 Å². The second-order valence-electron chi connectivity index (χ2n) is 9.28. The average Bonchev–Trinajstić information content (AvgIpc) is 2.83. The largest absolute Gasteiger partial charge is 0.353 e. The number of rotatable bonds is 4. The number of nitrogens with zero attached hydrogens (tertiary/aromatic N) is 5. The summed E-state index contributed by atoms with van der Waals surface area (Å²) in [7, 11) is 0. The molecule has 1 aliphatic heterocycles. The van der Waals surface area contributed by atoms with Gasteiger partial charge in [0.15, 0.2) is 0 Å². The lowest BCUT2D eigenvalue weighted by Crippen LogP contribution is -2.35. The van der Waals surface area contributed by atoms with Crippen LogP contribution < -0.4 is 10.2 Å². The van der Waals surface area contributed by atoms with Crippen molar-refractivity contribution in [2.45, 2.75) is 53.0 Å². The predicted octanol–water partition coefficient (Wildman–Crippen LogP) is 4.24. The minimum absolute atomic E-state index is 0.0836. The third-order valence-electron chi connectivity index (χ3n) is 5.81. The molecule has 1 saturated heterocycles. The molecule has 2 fully saturated rings. The zero-order valence-corrected chi connectivity index (χ0v) is 16.8. The van der Waals surface area contributed by atoms with Crippen molar-refractivity contribution in [1.82, 2.24) is 15.0 Å². The van der Waals surface area contributed by atoms with Crippen molar-refractivity contribution in [3.8, 4) is 0 Å². The van der Waals surface area contributed by atoms with Gasteiger partial charge >= 0.3 is 5.69 Å². The first kappa shape index (κ1) is 18.6. The van der Waals surface area contributed by atoms with Gasteiger partial charge in [0.2, 0.25) is 11.6 Å². The molecule has 2 aromatic rings. The molecule has 0 radical (unpaired) electrons. The van der Waals surface area contributed by atoms with Crippen LogP contribution in [0.25, 0.3) is 0 Å². The van der Waals surface area contributed by atoms with Gasteiger partial charge in [-0.3, -0.25) is 10.1 Å². The fourth-order valence-electron chi connectivity index (χ4n) is 5.28. The second-order valence-corrected chi connectivity index (χ2v) is 9.28. The number of aryl methyl sites for hydroxylation is 1. The van der Waals surface area contributed by atoms with Crippen LogP contribution in [0, 0.1) is 27.9 Å². The molecule has 28 heavy (non-hydrogen) atoms. The number of fused-ring (bicyclic) bond motifs is 2. The molecule has 2 aromatic heterocycles. The minimum Gasteiger partial charge on any atom is -0.347 e. The Morgan fingerprint density at radius 3 is 2.75 bits per heavy atom. The minimum atomic E-state index is -0.386. The van der Waals surface area contributed by atoms with Crippen molar-refractivity contribution < 1.29 is 4.92 Å². The van der Waals surface area contributed by atoms with Gasteiger partial charge in [-0.2, -0.15) is 0 Å². The smallest absolute Gasteiger partial charge is 0.347 e. The molecule has 4 rings (SSSR count). The Morgan fingerprint density at radius 2 is 2.04 bits per heavy atom. The van der Waals surface area contributed by atoms with Crippen molar-refractivity contribution in [3.63, 3.8) is 0 Å². The zero-order valence-electron chi connectivity index (χ0n) is 16.8. The molecule has 0 amide bonds. The third kappa shape index (κ3) is 3.39. The van der Waals surface area contributed by atoms with E-state index in [2.05, 4.69) is 45.9 Å². The highest BCUT2D eigenvalue weighted by atomic mass is 16.6. The van der Waals surface area contributed by atoms with Crippen molar-refractivity contribution in [2.24, 2.45) is 10.8 Å². The van der Waals surface area contributed by atoms with E-state index in [4.69, 9.17) is 0 Å². The van der Waals surface area contributed by atoms with Crippen molar-refractivity contribution in [1.29, 1.82) is 0 Å². The van der Waals surface area contributed by atoms with E-state index >= 15 is 0 Å². The Labute approximate surface area is 164 Å². The molecular formula is C20H26N6O2. The van der Waals surface area contributed by atoms with Crippen molar-refractivity contribution >= 4 is 23.1 Å². The lowest BCUT2D eigenvalue weighted by Gasteiger charge is -2.39.